The second kappa shape index (κ2) is 10.7. The van der Waals surface area contributed by atoms with Crippen molar-refractivity contribution in [2.45, 2.75) is 66.8 Å². The molecule has 5 nitrogen and oxygen atoms in total. The summed E-state index contributed by atoms with van der Waals surface area (Å²) in [6.07, 6.45) is 8.92. The van der Waals surface area contributed by atoms with E-state index < -0.39 is 0 Å². The van der Waals surface area contributed by atoms with Crippen LogP contribution in [0.5, 0.6) is 0 Å². The monoisotopic (exact) mass is 472 g/mol. The minimum atomic E-state index is -0.268. The van der Waals surface area contributed by atoms with Gasteiger partial charge in [0.05, 0.1) is 10.9 Å². The molecular formula is C23H28N4OS3. The third-order valence-electron chi connectivity index (χ3n) is 5.60. The maximum absolute atomic E-state index is 12.9. The summed E-state index contributed by atoms with van der Waals surface area (Å²) in [5.41, 5.74) is 0.861. The first-order valence-electron chi connectivity index (χ1n) is 10.7. The van der Waals surface area contributed by atoms with Gasteiger partial charge in [0.2, 0.25) is 5.91 Å². The van der Waals surface area contributed by atoms with Crippen LogP contribution in [0.15, 0.2) is 51.8 Å². The molecule has 0 saturated heterocycles. The predicted molar refractivity (Wildman–Crippen MR) is 131 cm³/mol. The molecule has 1 aliphatic rings. The van der Waals surface area contributed by atoms with E-state index in [9.17, 15) is 4.79 Å². The summed E-state index contributed by atoms with van der Waals surface area (Å²) in [5, 5.41) is 14.9. The number of aromatic nitrogens is 3. The van der Waals surface area contributed by atoms with Gasteiger partial charge in [-0.2, -0.15) is 0 Å². The number of amides is 1. The number of anilines is 1. The van der Waals surface area contributed by atoms with Crippen molar-refractivity contribution in [2.24, 2.45) is 0 Å². The molecular weight excluding hydrogens is 444 g/mol. The third-order valence-corrected chi connectivity index (χ3v) is 8.33. The number of benzene rings is 1. The summed E-state index contributed by atoms with van der Waals surface area (Å²) < 4.78 is 2.32. The first-order chi connectivity index (χ1) is 15.2. The Morgan fingerprint density at radius 2 is 2.00 bits per heavy atom. The summed E-state index contributed by atoms with van der Waals surface area (Å²) in [6.45, 7) is 1.94. The Balaban J connectivity index is 1.52. The van der Waals surface area contributed by atoms with Crippen molar-refractivity contribution in [1.29, 1.82) is 0 Å². The molecule has 4 rings (SSSR count). The Kier molecular flexibility index (Phi) is 7.74. The predicted octanol–water partition coefficient (Wildman–Crippen LogP) is 6.28. The van der Waals surface area contributed by atoms with E-state index in [4.69, 9.17) is 0 Å². The second-order valence-corrected chi connectivity index (χ2v) is 11.0. The van der Waals surface area contributed by atoms with Crippen molar-refractivity contribution in [1.82, 2.24) is 14.8 Å². The minimum Gasteiger partial charge on any atom is -0.324 e. The molecule has 8 heteroatoms. The minimum absolute atomic E-state index is 0.00972. The largest absolute Gasteiger partial charge is 0.324 e. The van der Waals surface area contributed by atoms with E-state index in [-0.39, 0.29) is 11.2 Å². The van der Waals surface area contributed by atoms with Gasteiger partial charge < -0.3 is 9.88 Å². The van der Waals surface area contributed by atoms with Gasteiger partial charge in [-0.1, -0.05) is 49.2 Å². The molecule has 3 aromatic rings. The number of rotatable bonds is 8. The van der Waals surface area contributed by atoms with Crippen LogP contribution in [0, 0.1) is 0 Å². The normalized spacial score (nSPS) is 15.7. The quantitative estimate of drug-likeness (QED) is 0.391. The average Bonchev–Trinajstić information content (AvgIpc) is 3.45. The van der Waals surface area contributed by atoms with Crippen LogP contribution in [0.25, 0.3) is 0 Å². The molecule has 31 heavy (non-hydrogen) atoms. The van der Waals surface area contributed by atoms with Crippen LogP contribution in [-0.2, 0) is 11.2 Å². The van der Waals surface area contributed by atoms with Crippen molar-refractivity contribution >= 4 is 46.5 Å². The van der Waals surface area contributed by atoms with Gasteiger partial charge in [0.1, 0.15) is 5.82 Å². The lowest BCUT2D eigenvalue weighted by atomic mass is 9.95. The highest BCUT2D eigenvalue weighted by Gasteiger charge is 2.26. The highest BCUT2D eigenvalue weighted by Crippen LogP contribution is 2.35. The number of thioether (sulfide) groups is 2. The maximum Gasteiger partial charge on any atom is 0.237 e. The van der Waals surface area contributed by atoms with Crippen LogP contribution in [-0.4, -0.2) is 32.2 Å². The molecule has 0 spiro atoms. The van der Waals surface area contributed by atoms with Crippen molar-refractivity contribution in [3.63, 3.8) is 0 Å². The van der Waals surface area contributed by atoms with Crippen molar-refractivity contribution < 1.29 is 4.79 Å². The van der Waals surface area contributed by atoms with Crippen molar-refractivity contribution in [3.8, 4) is 0 Å². The topological polar surface area (TPSA) is 59.8 Å². The van der Waals surface area contributed by atoms with Gasteiger partial charge in [0.15, 0.2) is 5.16 Å². The molecule has 1 atom stereocenters. The Morgan fingerprint density at radius 1 is 1.19 bits per heavy atom. The Bertz CT molecular complexity index is 996. The summed E-state index contributed by atoms with van der Waals surface area (Å²) in [4.78, 5) is 15.3. The third kappa shape index (κ3) is 5.54. The first kappa shape index (κ1) is 22.4. The number of hydrogen-bond acceptors (Lipinski definition) is 6. The lowest BCUT2D eigenvalue weighted by Gasteiger charge is -2.26. The van der Waals surface area contributed by atoms with Crippen LogP contribution < -0.4 is 5.32 Å². The molecule has 1 N–H and O–H groups in total. The molecule has 2 aromatic heterocycles. The maximum atomic E-state index is 12.9. The van der Waals surface area contributed by atoms with Gasteiger partial charge in [-0.3, -0.25) is 4.79 Å². The van der Waals surface area contributed by atoms with Gasteiger partial charge in [-0.05, 0) is 49.6 Å². The first-order valence-corrected chi connectivity index (χ1v) is 13.7. The zero-order valence-corrected chi connectivity index (χ0v) is 20.4. The number of nitrogens with one attached hydrogen (secondary N) is 1. The fourth-order valence-corrected chi connectivity index (χ4v) is 6.17. The smallest absolute Gasteiger partial charge is 0.237 e. The molecule has 1 aliphatic carbocycles. The van der Waals surface area contributed by atoms with Crippen LogP contribution in [0.4, 0.5) is 5.69 Å². The number of para-hydroxylation sites is 1. The second-order valence-electron chi connectivity index (χ2n) is 7.77. The SMILES string of the molecule is CSc1ccccc1NC(=O)C(C)Sc1nnc(Cc2cccs2)n1C1CCCCC1. The van der Waals surface area contributed by atoms with Crippen LogP contribution in [0.2, 0.25) is 0 Å². The van der Waals surface area contributed by atoms with E-state index in [1.165, 1.54) is 35.9 Å². The van der Waals surface area contributed by atoms with Gasteiger partial charge >= 0.3 is 0 Å². The highest BCUT2D eigenvalue weighted by atomic mass is 32.2. The van der Waals surface area contributed by atoms with E-state index in [1.807, 2.05) is 37.4 Å². The van der Waals surface area contributed by atoms with Crippen LogP contribution >= 0.6 is 34.9 Å². The Labute approximate surface area is 196 Å². The van der Waals surface area contributed by atoms with E-state index in [0.29, 0.717) is 6.04 Å². The lowest BCUT2D eigenvalue weighted by molar-refractivity contribution is -0.115. The zero-order chi connectivity index (χ0) is 21.6. The van der Waals surface area contributed by atoms with E-state index in [1.54, 1.807) is 23.1 Å². The van der Waals surface area contributed by atoms with Gasteiger partial charge in [-0.15, -0.1) is 33.3 Å². The number of thiophene rings is 1. The molecule has 1 fully saturated rings. The van der Waals surface area contributed by atoms with Crippen molar-refractivity contribution in [2.75, 3.05) is 11.6 Å². The van der Waals surface area contributed by atoms with E-state index >= 15 is 0 Å². The standard InChI is InChI=1S/C23H28N4OS3/c1-16(22(28)24-19-12-6-7-13-20(19)29-2)31-23-26-25-21(15-18-11-8-14-30-18)27(23)17-9-4-3-5-10-17/h6-8,11-14,16-17H,3-5,9-10,15H2,1-2H3,(H,24,28). The molecule has 1 unspecified atom stereocenters. The highest BCUT2D eigenvalue weighted by molar-refractivity contribution is 8.00. The van der Waals surface area contributed by atoms with Crippen LogP contribution in [0.1, 0.15) is 55.8 Å². The summed E-state index contributed by atoms with van der Waals surface area (Å²) in [6, 6.07) is 12.6. The molecule has 1 saturated carbocycles. The summed E-state index contributed by atoms with van der Waals surface area (Å²) in [7, 11) is 0. The molecule has 1 aromatic carbocycles. The number of carbonyl (C=O) groups excluding carboxylic acids is 1. The van der Waals surface area contributed by atoms with E-state index in [0.717, 1.165) is 40.8 Å². The van der Waals surface area contributed by atoms with Gasteiger partial charge in [0.25, 0.3) is 0 Å². The number of nitrogens with zero attached hydrogens (tertiary/aromatic N) is 3. The van der Waals surface area contributed by atoms with Crippen molar-refractivity contribution in [3.05, 3.63) is 52.5 Å². The Morgan fingerprint density at radius 3 is 2.74 bits per heavy atom. The van der Waals surface area contributed by atoms with Crippen LogP contribution in [0.3, 0.4) is 0 Å². The number of carbonyl (C=O) groups is 1. The number of hydrogen-bond donors (Lipinski definition) is 1. The average molecular weight is 473 g/mol. The fourth-order valence-electron chi connectivity index (χ4n) is 3.98. The van der Waals surface area contributed by atoms with E-state index in [2.05, 4.69) is 37.6 Å². The molecule has 164 valence electrons. The molecule has 1 amide bonds. The zero-order valence-electron chi connectivity index (χ0n) is 17.9. The molecule has 0 radical (unpaired) electrons. The lowest BCUT2D eigenvalue weighted by Crippen LogP contribution is -2.24. The molecule has 2 heterocycles. The van der Waals surface area contributed by atoms with Gasteiger partial charge in [-0.25, -0.2) is 0 Å². The summed E-state index contributed by atoms with van der Waals surface area (Å²) >= 11 is 4.90. The molecule has 0 bridgehead atoms. The van der Waals surface area contributed by atoms with Gasteiger partial charge in [0, 0.05) is 22.2 Å². The molecule has 0 aliphatic heterocycles. The fraction of sp³-hybridized carbons (Fsp3) is 0.435. The summed E-state index contributed by atoms with van der Waals surface area (Å²) in [5.74, 6) is 1.00. The Hall–Kier alpha value is -1.77.